The minimum Gasteiger partial charge on any atom is -0.351 e. The van der Waals surface area contributed by atoms with Crippen LogP contribution < -0.4 is 5.32 Å². The van der Waals surface area contributed by atoms with Crippen LogP contribution in [0.2, 0.25) is 0 Å². The van der Waals surface area contributed by atoms with Gasteiger partial charge in [0.1, 0.15) is 0 Å². The maximum Gasteiger partial charge on any atom is 0.251 e. The summed E-state index contributed by atoms with van der Waals surface area (Å²) in [7, 11) is 3.99. The molecule has 1 N–H and O–H groups in total. The highest BCUT2D eigenvalue weighted by molar-refractivity contribution is 5.95. The maximum atomic E-state index is 12.7. The lowest BCUT2D eigenvalue weighted by atomic mass is 9.92. The third-order valence-corrected chi connectivity index (χ3v) is 6.72. The van der Waals surface area contributed by atoms with E-state index in [1.807, 2.05) is 50.6 Å². The zero-order valence-electron chi connectivity index (χ0n) is 23.1. The van der Waals surface area contributed by atoms with E-state index in [-0.39, 0.29) is 17.7 Å². The molecule has 4 aromatic rings. The third-order valence-electron chi connectivity index (χ3n) is 6.72. The molecule has 0 aliphatic heterocycles. The van der Waals surface area contributed by atoms with Crippen LogP contribution in [0.5, 0.6) is 0 Å². The SMILES string of the molecule is CC(C)c1nc(CC(C)c2ncccc2-c2ccccc2)ccc1-c1cccc(C(=O)NCCN(C)C)c1. The summed E-state index contributed by atoms with van der Waals surface area (Å²) in [5.41, 5.74) is 8.28. The van der Waals surface area contributed by atoms with Crippen molar-refractivity contribution in [2.45, 2.75) is 39.0 Å². The molecule has 38 heavy (non-hydrogen) atoms. The Bertz CT molecular complexity index is 1360. The molecule has 5 heteroatoms. The lowest BCUT2D eigenvalue weighted by Gasteiger charge is -2.18. The third kappa shape index (κ3) is 6.73. The number of nitrogens with one attached hydrogen (secondary N) is 1. The summed E-state index contributed by atoms with van der Waals surface area (Å²) in [5, 5.41) is 3.01. The fraction of sp³-hybridized carbons (Fsp3) is 0.303. The largest absolute Gasteiger partial charge is 0.351 e. The molecule has 0 bridgehead atoms. The number of likely N-dealkylation sites (N-methyl/N-ethyl adjacent to an activating group) is 1. The average Bonchev–Trinajstić information content (AvgIpc) is 2.93. The van der Waals surface area contributed by atoms with Crippen LogP contribution in [0.4, 0.5) is 0 Å². The Morgan fingerprint density at radius 2 is 1.58 bits per heavy atom. The molecule has 5 nitrogen and oxygen atoms in total. The Balaban J connectivity index is 1.58. The van der Waals surface area contributed by atoms with E-state index in [1.54, 1.807) is 0 Å². The van der Waals surface area contributed by atoms with Crippen molar-refractivity contribution in [3.05, 3.63) is 108 Å². The Hall–Kier alpha value is -3.83. The molecule has 1 amide bonds. The summed E-state index contributed by atoms with van der Waals surface area (Å²) in [6.07, 6.45) is 2.67. The van der Waals surface area contributed by atoms with Crippen molar-refractivity contribution in [2.24, 2.45) is 0 Å². The summed E-state index contributed by atoms with van der Waals surface area (Å²) >= 11 is 0. The van der Waals surface area contributed by atoms with Gasteiger partial charge in [-0.05, 0) is 61.8 Å². The van der Waals surface area contributed by atoms with Gasteiger partial charge in [-0.1, -0.05) is 75.4 Å². The second-order valence-electron chi connectivity index (χ2n) is 10.4. The van der Waals surface area contributed by atoms with E-state index in [9.17, 15) is 4.79 Å². The van der Waals surface area contributed by atoms with Crippen molar-refractivity contribution in [1.29, 1.82) is 0 Å². The number of carbonyl (C=O) groups excluding carboxylic acids is 1. The molecule has 0 aliphatic carbocycles. The zero-order chi connectivity index (χ0) is 27.1. The standard InChI is InChI=1S/C33H38N4O/c1-23(2)31-30(26-13-9-14-27(22-26)33(38)35-19-20-37(4)5)17-16-28(36-31)21-24(3)32-29(15-10-18-34-32)25-11-7-6-8-12-25/h6-18,22-24H,19-21H2,1-5H3,(H,35,38). The summed E-state index contributed by atoms with van der Waals surface area (Å²) in [5.74, 6) is 0.398. The molecular weight excluding hydrogens is 468 g/mol. The predicted molar refractivity (Wildman–Crippen MR) is 156 cm³/mol. The van der Waals surface area contributed by atoms with Gasteiger partial charge in [0.2, 0.25) is 0 Å². The molecule has 2 heterocycles. The van der Waals surface area contributed by atoms with Crippen LogP contribution in [0.25, 0.3) is 22.3 Å². The highest BCUT2D eigenvalue weighted by atomic mass is 16.1. The van der Waals surface area contributed by atoms with Gasteiger partial charge in [0.15, 0.2) is 0 Å². The van der Waals surface area contributed by atoms with Gasteiger partial charge >= 0.3 is 0 Å². The van der Waals surface area contributed by atoms with Crippen molar-refractivity contribution < 1.29 is 4.79 Å². The first-order chi connectivity index (χ1) is 18.3. The van der Waals surface area contributed by atoms with E-state index in [0.717, 1.165) is 41.2 Å². The van der Waals surface area contributed by atoms with E-state index in [4.69, 9.17) is 9.97 Å². The molecule has 196 valence electrons. The zero-order valence-corrected chi connectivity index (χ0v) is 23.1. The molecule has 4 rings (SSSR count). The van der Waals surface area contributed by atoms with Gasteiger partial charge in [-0.25, -0.2) is 0 Å². The van der Waals surface area contributed by atoms with E-state index >= 15 is 0 Å². The van der Waals surface area contributed by atoms with Gasteiger partial charge in [0.05, 0.1) is 11.4 Å². The average molecular weight is 507 g/mol. The van der Waals surface area contributed by atoms with Crippen LogP contribution in [0.1, 0.15) is 60.0 Å². The number of aromatic nitrogens is 2. The van der Waals surface area contributed by atoms with Crippen molar-refractivity contribution in [2.75, 3.05) is 27.2 Å². The Morgan fingerprint density at radius 3 is 2.32 bits per heavy atom. The van der Waals surface area contributed by atoms with E-state index in [2.05, 4.69) is 79.5 Å². The minimum atomic E-state index is -0.0530. The van der Waals surface area contributed by atoms with Gasteiger partial charge in [-0.2, -0.15) is 0 Å². The quantitative estimate of drug-likeness (QED) is 0.264. The van der Waals surface area contributed by atoms with Gasteiger partial charge in [-0.3, -0.25) is 14.8 Å². The van der Waals surface area contributed by atoms with Crippen LogP contribution in [-0.4, -0.2) is 48.0 Å². The topological polar surface area (TPSA) is 58.1 Å². The molecule has 0 aliphatic rings. The lowest BCUT2D eigenvalue weighted by molar-refractivity contribution is 0.0951. The summed E-state index contributed by atoms with van der Waals surface area (Å²) in [4.78, 5) is 24.7. The molecule has 0 saturated carbocycles. The number of nitrogens with zero attached hydrogens (tertiary/aromatic N) is 3. The van der Waals surface area contributed by atoms with Crippen LogP contribution in [0, 0.1) is 0 Å². The van der Waals surface area contributed by atoms with Gasteiger partial charge in [0, 0.05) is 47.6 Å². The first-order valence-corrected chi connectivity index (χ1v) is 13.4. The Labute approximate surface area is 227 Å². The number of pyridine rings is 2. The molecule has 0 fully saturated rings. The molecule has 0 saturated heterocycles. The molecule has 0 radical (unpaired) electrons. The normalized spacial score (nSPS) is 12.1. The van der Waals surface area contributed by atoms with Gasteiger partial charge in [-0.15, -0.1) is 0 Å². The van der Waals surface area contributed by atoms with Crippen molar-refractivity contribution >= 4 is 5.91 Å². The number of benzene rings is 2. The summed E-state index contributed by atoms with van der Waals surface area (Å²) < 4.78 is 0. The van der Waals surface area contributed by atoms with Crippen LogP contribution in [0.3, 0.4) is 0 Å². The van der Waals surface area contributed by atoms with E-state index < -0.39 is 0 Å². The highest BCUT2D eigenvalue weighted by Gasteiger charge is 2.18. The van der Waals surface area contributed by atoms with Gasteiger partial charge < -0.3 is 10.2 Å². The molecule has 2 aromatic carbocycles. The second kappa shape index (κ2) is 12.6. The second-order valence-corrected chi connectivity index (χ2v) is 10.4. The molecule has 1 atom stereocenters. The number of hydrogen-bond acceptors (Lipinski definition) is 4. The molecule has 2 aromatic heterocycles. The van der Waals surface area contributed by atoms with Crippen molar-refractivity contribution in [1.82, 2.24) is 20.2 Å². The van der Waals surface area contributed by atoms with Crippen LogP contribution in [-0.2, 0) is 6.42 Å². The fourth-order valence-corrected chi connectivity index (χ4v) is 4.72. The number of hydrogen-bond donors (Lipinski definition) is 1. The molecule has 1 unspecified atom stereocenters. The first kappa shape index (κ1) is 27.2. The predicted octanol–water partition coefficient (Wildman–Crippen LogP) is 6.57. The van der Waals surface area contributed by atoms with E-state index in [0.29, 0.717) is 12.1 Å². The number of carbonyl (C=O) groups is 1. The van der Waals surface area contributed by atoms with Gasteiger partial charge in [0.25, 0.3) is 5.91 Å². The Kier molecular flexibility index (Phi) is 9.03. The summed E-state index contributed by atoms with van der Waals surface area (Å²) in [6.45, 7) is 7.98. The van der Waals surface area contributed by atoms with Crippen molar-refractivity contribution in [3.63, 3.8) is 0 Å². The monoisotopic (exact) mass is 506 g/mol. The fourth-order valence-electron chi connectivity index (χ4n) is 4.72. The van der Waals surface area contributed by atoms with Crippen LogP contribution in [0.15, 0.2) is 85.1 Å². The minimum absolute atomic E-state index is 0.0530. The highest BCUT2D eigenvalue weighted by Crippen LogP contribution is 2.32. The van der Waals surface area contributed by atoms with Crippen LogP contribution >= 0.6 is 0 Å². The number of rotatable bonds is 10. The van der Waals surface area contributed by atoms with Crippen molar-refractivity contribution in [3.8, 4) is 22.3 Å². The number of amides is 1. The molecular formula is C33H38N4O. The maximum absolute atomic E-state index is 12.7. The van der Waals surface area contributed by atoms with E-state index in [1.165, 1.54) is 11.1 Å². The smallest absolute Gasteiger partial charge is 0.251 e. The molecule has 0 spiro atoms. The lowest BCUT2D eigenvalue weighted by Crippen LogP contribution is -2.31. The first-order valence-electron chi connectivity index (χ1n) is 13.4. The Morgan fingerprint density at radius 1 is 0.842 bits per heavy atom. The summed E-state index contributed by atoms with van der Waals surface area (Å²) in [6, 6.07) is 26.7.